The first kappa shape index (κ1) is 17.6. The number of ether oxygens (including phenoxy) is 1. The molecule has 4 rings (SSSR count). The summed E-state index contributed by atoms with van der Waals surface area (Å²) in [5, 5.41) is 14.6. The molecule has 1 fully saturated rings. The van der Waals surface area contributed by atoms with Crippen molar-refractivity contribution in [3.63, 3.8) is 0 Å². The topological polar surface area (TPSA) is 58.6 Å². The predicted octanol–water partition coefficient (Wildman–Crippen LogP) is 3.94. The molecule has 4 nitrogen and oxygen atoms in total. The number of rotatable bonds is 6. The van der Waals surface area contributed by atoms with Gasteiger partial charge in [0.15, 0.2) is 0 Å². The van der Waals surface area contributed by atoms with Crippen LogP contribution in [0.4, 0.5) is 0 Å². The van der Waals surface area contributed by atoms with E-state index in [1.54, 1.807) is 6.07 Å². The summed E-state index contributed by atoms with van der Waals surface area (Å²) in [5.74, 6) is 0.502. The van der Waals surface area contributed by atoms with Gasteiger partial charge in [0.2, 0.25) is 0 Å². The molecule has 0 saturated heterocycles. The molecule has 1 amide bonds. The SMILES string of the molecule is Cc1ccc(OCCO)cc1C(=O)NC1(c2cccc3ccccc23)CC1. The molecule has 0 aliphatic heterocycles. The van der Waals surface area contributed by atoms with Crippen LogP contribution in [0, 0.1) is 6.92 Å². The van der Waals surface area contributed by atoms with Crippen LogP contribution in [0.1, 0.15) is 34.3 Å². The number of hydrogen-bond donors (Lipinski definition) is 2. The molecule has 1 saturated carbocycles. The third-order valence-corrected chi connectivity index (χ3v) is 5.22. The van der Waals surface area contributed by atoms with Gasteiger partial charge in [-0.15, -0.1) is 0 Å². The van der Waals surface area contributed by atoms with Crippen LogP contribution in [0.25, 0.3) is 10.8 Å². The predicted molar refractivity (Wildman–Crippen MR) is 106 cm³/mol. The Morgan fingerprint density at radius 2 is 1.89 bits per heavy atom. The molecular weight excluding hydrogens is 338 g/mol. The molecular formula is C23H23NO3. The second kappa shape index (κ2) is 7.05. The molecule has 0 unspecified atom stereocenters. The molecule has 3 aromatic carbocycles. The minimum absolute atomic E-state index is 0.0560. The monoisotopic (exact) mass is 361 g/mol. The Balaban J connectivity index is 1.63. The second-order valence-corrected chi connectivity index (χ2v) is 7.11. The first-order valence-corrected chi connectivity index (χ1v) is 9.28. The van der Waals surface area contributed by atoms with E-state index in [9.17, 15) is 4.79 Å². The van der Waals surface area contributed by atoms with Crippen LogP contribution in [-0.4, -0.2) is 24.2 Å². The largest absolute Gasteiger partial charge is 0.491 e. The van der Waals surface area contributed by atoms with Gasteiger partial charge < -0.3 is 15.2 Å². The molecule has 0 spiro atoms. The molecule has 138 valence electrons. The van der Waals surface area contributed by atoms with Crippen molar-refractivity contribution in [3.05, 3.63) is 77.4 Å². The molecule has 27 heavy (non-hydrogen) atoms. The number of fused-ring (bicyclic) bond motifs is 1. The summed E-state index contributed by atoms with van der Waals surface area (Å²) in [4.78, 5) is 13.0. The summed E-state index contributed by atoms with van der Waals surface area (Å²) in [6.45, 7) is 2.08. The average Bonchev–Trinajstić information content (AvgIpc) is 3.47. The highest BCUT2D eigenvalue weighted by Crippen LogP contribution is 2.48. The van der Waals surface area contributed by atoms with Crippen LogP contribution < -0.4 is 10.1 Å². The molecule has 0 atom stereocenters. The maximum atomic E-state index is 13.0. The third-order valence-electron chi connectivity index (χ3n) is 5.22. The van der Waals surface area contributed by atoms with Gasteiger partial charge in [-0.25, -0.2) is 0 Å². The second-order valence-electron chi connectivity index (χ2n) is 7.11. The number of carbonyl (C=O) groups is 1. The van der Waals surface area contributed by atoms with Crippen molar-refractivity contribution in [3.8, 4) is 5.75 Å². The van der Waals surface area contributed by atoms with Crippen molar-refractivity contribution in [1.82, 2.24) is 5.32 Å². The van der Waals surface area contributed by atoms with Crippen molar-refractivity contribution in [2.24, 2.45) is 0 Å². The van der Waals surface area contributed by atoms with E-state index < -0.39 is 0 Å². The molecule has 0 bridgehead atoms. The Bertz CT molecular complexity index is 987. The standard InChI is InChI=1S/C23H23NO3/c1-16-9-10-18(27-14-13-25)15-20(16)22(26)24-23(11-12-23)21-8-4-6-17-5-2-3-7-19(17)21/h2-10,15,25H,11-14H2,1H3,(H,24,26). The highest BCUT2D eigenvalue weighted by atomic mass is 16.5. The lowest BCUT2D eigenvalue weighted by Crippen LogP contribution is -2.35. The molecule has 0 radical (unpaired) electrons. The van der Waals surface area contributed by atoms with Gasteiger partial charge in [-0.3, -0.25) is 4.79 Å². The van der Waals surface area contributed by atoms with Crippen molar-refractivity contribution in [2.45, 2.75) is 25.3 Å². The van der Waals surface area contributed by atoms with Gasteiger partial charge in [-0.2, -0.15) is 0 Å². The number of benzene rings is 3. The lowest BCUT2D eigenvalue weighted by molar-refractivity contribution is 0.0930. The molecule has 3 aromatic rings. The first-order valence-electron chi connectivity index (χ1n) is 9.28. The Morgan fingerprint density at radius 3 is 2.67 bits per heavy atom. The van der Waals surface area contributed by atoms with E-state index in [0.29, 0.717) is 11.3 Å². The average molecular weight is 361 g/mol. The number of amides is 1. The van der Waals surface area contributed by atoms with E-state index in [-0.39, 0.29) is 24.7 Å². The van der Waals surface area contributed by atoms with Crippen LogP contribution in [0.2, 0.25) is 0 Å². The van der Waals surface area contributed by atoms with Crippen molar-refractivity contribution in [1.29, 1.82) is 0 Å². The fourth-order valence-corrected chi connectivity index (χ4v) is 3.61. The zero-order chi connectivity index (χ0) is 18.9. The van der Waals surface area contributed by atoms with Gasteiger partial charge in [0, 0.05) is 5.56 Å². The fraction of sp³-hybridized carbons (Fsp3) is 0.261. The quantitative estimate of drug-likeness (QED) is 0.699. The van der Waals surface area contributed by atoms with Gasteiger partial charge in [0.25, 0.3) is 5.91 Å². The van der Waals surface area contributed by atoms with Crippen molar-refractivity contribution >= 4 is 16.7 Å². The Kier molecular flexibility index (Phi) is 4.58. The minimum atomic E-state index is -0.299. The molecule has 4 heteroatoms. The first-order chi connectivity index (χ1) is 13.1. The number of nitrogens with one attached hydrogen (secondary N) is 1. The van der Waals surface area contributed by atoms with Gasteiger partial charge in [-0.05, 0) is 53.8 Å². The van der Waals surface area contributed by atoms with Gasteiger partial charge >= 0.3 is 0 Å². The summed E-state index contributed by atoms with van der Waals surface area (Å²) in [6, 6.07) is 20.0. The van der Waals surface area contributed by atoms with E-state index in [1.807, 2.05) is 31.2 Å². The van der Waals surface area contributed by atoms with E-state index in [1.165, 1.54) is 16.3 Å². The normalized spacial score (nSPS) is 14.7. The Hall–Kier alpha value is -2.85. The Labute approximate surface area is 158 Å². The molecule has 1 aliphatic rings. The highest BCUT2D eigenvalue weighted by molar-refractivity contribution is 5.97. The highest BCUT2D eigenvalue weighted by Gasteiger charge is 2.46. The number of hydrogen-bond acceptors (Lipinski definition) is 3. The van der Waals surface area contributed by atoms with E-state index in [4.69, 9.17) is 9.84 Å². The number of aryl methyl sites for hydroxylation is 1. The van der Waals surface area contributed by atoms with Crippen LogP contribution >= 0.6 is 0 Å². The van der Waals surface area contributed by atoms with Crippen LogP contribution in [0.15, 0.2) is 60.7 Å². The van der Waals surface area contributed by atoms with Crippen LogP contribution in [-0.2, 0) is 5.54 Å². The van der Waals surface area contributed by atoms with Crippen LogP contribution in [0.3, 0.4) is 0 Å². The zero-order valence-corrected chi connectivity index (χ0v) is 15.4. The van der Waals surface area contributed by atoms with Gasteiger partial charge in [0.1, 0.15) is 12.4 Å². The Morgan fingerprint density at radius 1 is 1.11 bits per heavy atom. The molecule has 0 heterocycles. The summed E-state index contributed by atoms with van der Waals surface area (Å²) < 4.78 is 5.46. The lowest BCUT2D eigenvalue weighted by Gasteiger charge is -2.21. The summed E-state index contributed by atoms with van der Waals surface area (Å²) in [7, 11) is 0. The maximum absolute atomic E-state index is 13.0. The van der Waals surface area contributed by atoms with E-state index in [0.717, 1.165) is 18.4 Å². The number of aliphatic hydroxyl groups is 1. The van der Waals surface area contributed by atoms with E-state index in [2.05, 4.69) is 35.6 Å². The molecule has 1 aliphatic carbocycles. The number of aliphatic hydroxyl groups excluding tert-OH is 1. The van der Waals surface area contributed by atoms with Crippen molar-refractivity contribution in [2.75, 3.05) is 13.2 Å². The zero-order valence-electron chi connectivity index (χ0n) is 15.4. The fourth-order valence-electron chi connectivity index (χ4n) is 3.61. The summed E-state index contributed by atoms with van der Waals surface area (Å²) in [5.41, 5.74) is 2.39. The van der Waals surface area contributed by atoms with Crippen LogP contribution in [0.5, 0.6) is 5.75 Å². The van der Waals surface area contributed by atoms with Gasteiger partial charge in [0.05, 0.1) is 12.1 Å². The summed E-state index contributed by atoms with van der Waals surface area (Å²) in [6.07, 6.45) is 1.87. The summed E-state index contributed by atoms with van der Waals surface area (Å²) >= 11 is 0. The maximum Gasteiger partial charge on any atom is 0.252 e. The van der Waals surface area contributed by atoms with E-state index >= 15 is 0 Å². The van der Waals surface area contributed by atoms with Crippen molar-refractivity contribution < 1.29 is 14.6 Å². The lowest BCUT2D eigenvalue weighted by atomic mass is 9.96. The third kappa shape index (κ3) is 3.40. The molecule has 0 aromatic heterocycles. The van der Waals surface area contributed by atoms with Gasteiger partial charge in [-0.1, -0.05) is 48.5 Å². The molecule has 2 N–H and O–H groups in total. The smallest absolute Gasteiger partial charge is 0.252 e. The minimum Gasteiger partial charge on any atom is -0.491 e. The number of carbonyl (C=O) groups excluding carboxylic acids is 1.